The number of nitriles is 1. The minimum atomic E-state index is 0.573. The van der Waals surface area contributed by atoms with Crippen LogP contribution in [0.2, 0.25) is 0 Å². The Morgan fingerprint density at radius 1 is 1.07 bits per heavy atom. The molecule has 6 heteroatoms. The number of rotatable bonds is 5. The molecule has 2 aromatic heterocycles. The molecule has 0 unspecified atom stereocenters. The summed E-state index contributed by atoms with van der Waals surface area (Å²) in [5, 5.41) is 13.3. The maximum absolute atomic E-state index is 9.16. The molecule has 0 amide bonds. The molecule has 0 radical (unpaired) electrons. The summed E-state index contributed by atoms with van der Waals surface area (Å²) in [7, 11) is 0. The zero-order valence-electron chi connectivity index (χ0n) is 15.3. The summed E-state index contributed by atoms with van der Waals surface area (Å²) >= 11 is 0. The molecule has 2 heterocycles. The molecule has 6 nitrogen and oxygen atoms in total. The second kappa shape index (κ2) is 7.72. The second-order valence-corrected chi connectivity index (χ2v) is 6.07. The number of ether oxygens (including phenoxy) is 1. The number of hydrogen-bond donors (Lipinski definition) is 1. The highest BCUT2D eigenvalue weighted by Gasteiger charge is 2.11. The molecular formula is C22H17N5O. The molecule has 4 aromatic rings. The van der Waals surface area contributed by atoms with Crippen LogP contribution in [0.15, 0.2) is 67.0 Å². The predicted octanol–water partition coefficient (Wildman–Crippen LogP) is 4.71. The highest BCUT2D eigenvalue weighted by Crippen LogP contribution is 2.30. The van der Waals surface area contributed by atoms with Gasteiger partial charge in [0.15, 0.2) is 5.82 Å². The van der Waals surface area contributed by atoms with Crippen molar-refractivity contribution in [3.8, 4) is 23.2 Å². The molecule has 0 aliphatic heterocycles. The number of hydrogen-bond acceptors (Lipinski definition) is 6. The highest BCUT2D eigenvalue weighted by atomic mass is 16.5. The van der Waals surface area contributed by atoms with Crippen molar-refractivity contribution in [1.29, 1.82) is 5.26 Å². The summed E-state index contributed by atoms with van der Waals surface area (Å²) in [6.45, 7) is 2.52. The lowest BCUT2D eigenvalue weighted by atomic mass is 10.1. The maximum atomic E-state index is 9.16. The fourth-order valence-electron chi connectivity index (χ4n) is 2.89. The molecule has 0 spiro atoms. The van der Waals surface area contributed by atoms with Gasteiger partial charge in [-0.25, -0.2) is 9.97 Å². The SMILES string of the molecule is CCOc1ccc2nc(-c3cccnc3)nc(Nc3cccc(C#N)c3)c2c1. The third-order valence-electron chi connectivity index (χ3n) is 4.15. The van der Waals surface area contributed by atoms with Crippen molar-refractivity contribution < 1.29 is 4.74 Å². The summed E-state index contributed by atoms with van der Waals surface area (Å²) in [5.41, 5.74) is 2.97. The van der Waals surface area contributed by atoms with Crippen LogP contribution in [0.5, 0.6) is 5.75 Å². The van der Waals surface area contributed by atoms with Crippen LogP contribution in [0.1, 0.15) is 12.5 Å². The standard InChI is InChI=1S/C22H17N5O/c1-2-28-18-8-9-20-19(12-18)22(25-17-7-3-5-15(11-17)13-23)27-21(26-20)16-6-4-10-24-14-16/h3-12,14H,2H2,1H3,(H,25,26,27). The van der Waals surface area contributed by atoms with E-state index >= 15 is 0 Å². The molecule has 0 saturated carbocycles. The molecule has 136 valence electrons. The first-order valence-corrected chi connectivity index (χ1v) is 8.89. The maximum Gasteiger partial charge on any atom is 0.163 e. The summed E-state index contributed by atoms with van der Waals surface area (Å²) < 4.78 is 5.63. The van der Waals surface area contributed by atoms with Gasteiger partial charge in [0, 0.05) is 29.0 Å². The lowest BCUT2D eigenvalue weighted by molar-refractivity contribution is 0.340. The first kappa shape index (κ1) is 17.4. The monoisotopic (exact) mass is 367 g/mol. The Balaban J connectivity index is 1.86. The average Bonchev–Trinajstić information content (AvgIpc) is 2.75. The van der Waals surface area contributed by atoms with Gasteiger partial charge in [0.1, 0.15) is 11.6 Å². The number of fused-ring (bicyclic) bond motifs is 1. The van der Waals surface area contributed by atoms with Crippen molar-refractivity contribution >= 4 is 22.4 Å². The van der Waals surface area contributed by atoms with E-state index in [-0.39, 0.29) is 0 Å². The Morgan fingerprint density at radius 2 is 2.00 bits per heavy atom. The zero-order chi connectivity index (χ0) is 19.3. The van der Waals surface area contributed by atoms with Crippen LogP contribution in [-0.4, -0.2) is 21.6 Å². The molecule has 1 N–H and O–H groups in total. The van der Waals surface area contributed by atoms with Gasteiger partial charge in [0.05, 0.1) is 23.8 Å². The Morgan fingerprint density at radius 3 is 2.79 bits per heavy atom. The fourth-order valence-corrected chi connectivity index (χ4v) is 2.89. The van der Waals surface area contributed by atoms with E-state index in [1.165, 1.54) is 0 Å². The normalized spacial score (nSPS) is 10.4. The molecule has 2 aromatic carbocycles. The zero-order valence-corrected chi connectivity index (χ0v) is 15.3. The quantitative estimate of drug-likeness (QED) is 0.550. The number of nitrogens with zero attached hydrogens (tertiary/aromatic N) is 4. The van der Waals surface area contributed by atoms with E-state index in [4.69, 9.17) is 15.0 Å². The van der Waals surface area contributed by atoms with Gasteiger partial charge in [-0.15, -0.1) is 0 Å². The molecule has 0 aliphatic rings. The number of aromatic nitrogens is 3. The van der Waals surface area contributed by atoms with Crippen molar-refractivity contribution in [3.63, 3.8) is 0 Å². The minimum absolute atomic E-state index is 0.573. The van der Waals surface area contributed by atoms with Crippen LogP contribution in [0.4, 0.5) is 11.5 Å². The Bertz CT molecular complexity index is 1170. The topological polar surface area (TPSA) is 83.7 Å². The van der Waals surface area contributed by atoms with Gasteiger partial charge in [-0.1, -0.05) is 6.07 Å². The van der Waals surface area contributed by atoms with Crippen LogP contribution in [0, 0.1) is 11.3 Å². The largest absolute Gasteiger partial charge is 0.494 e. The van der Waals surface area contributed by atoms with E-state index in [1.54, 1.807) is 24.5 Å². The van der Waals surface area contributed by atoms with Gasteiger partial charge in [0.25, 0.3) is 0 Å². The number of pyridine rings is 1. The Hall–Kier alpha value is -3.98. The van der Waals surface area contributed by atoms with E-state index in [0.29, 0.717) is 23.8 Å². The minimum Gasteiger partial charge on any atom is -0.494 e. The van der Waals surface area contributed by atoms with E-state index < -0.39 is 0 Å². The predicted molar refractivity (Wildman–Crippen MR) is 108 cm³/mol. The average molecular weight is 367 g/mol. The van der Waals surface area contributed by atoms with Crippen molar-refractivity contribution in [1.82, 2.24) is 15.0 Å². The summed E-state index contributed by atoms with van der Waals surface area (Å²) in [5.74, 6) is 1.96. The van der Waals surface area contributed by atoms with E-state index in [0.717, 1.165) is 27.9 Å². The number of anilines is 2. The van der Waals surface area contributed by atoms with Gasteiger partial charge >= 0.3 is 0 Å². The van der Waals surface area contributed by atoms with E-state index in [9.17, 15) is 0 Å². The van der Waals surface area contributed by atoms with Crippen molar-refractivity contribution in [2.45, 2.75) is 6.92 Å². The summed E-state index contributed by atoms with van der Waals surface area (Å²) in [4.78, 5) is 13.6. The van der Waals surface area contributed by atoms with Crippen LogP contribution < -0.4 is 10.1 Å². The van der Waals surface area contributed by atoms with Crippen LogP contribution in [0.25, 0.3) is 22.3 Å². The van der Waals surface area contributed by atoms with E-state index in [2.05, 4.69) is 21.4 Å². The highest BCUT2D eigenvalue weighted by molar-refractivity contribution is 5.93. The van der Waals surface area contributed by atoms with Gasteiger partial charge in [0.2, 0.25) is 0 Å². The van der Waals surface area contributed by atoms with Crippen molar-refractivity contribution in [3.05, 3.63) is 72.6 Å². The van der Waals surface area contributed by atoms with Crippen LogP contribution in [0.3, 0.4) is 0 Å². The van der Waals surface area contributed by atoms with Crippen molar-refractivity contribution in [2.24, 2.45) is 0 Å². The van der Waals surface area contributed by atoms with Gasteiger partial charge in [-0.3, -0.25) is 4.98 Å². The number of nitrogens with one attached hydrogen (secondary N) is 1. The molecule has 0 atom stereocenters. The molecule has 4 rings (SSSR count). The molecule has 0 saturated heterocycles. The number of benzene rings is 2. The lowest BCUT2D eigenvalue weighted by Gasteiger charge is -2.12. The van der Waals surface area contributed by atoms with Crippen LogP contribution in [-0.2, 0) is 0 Å². The smallest absolute Gasteiger partial charge is 0.163 e. The first-order valence-electron chi connectivity index (χ1n) is 8.89. The Kier molecular flexibility index (Phi) is 4.81. The molecular weight excluding hydrogens is 350 g/mol. The first-order chi connectivity index (χ1) is 13.8. The molecule has 0 bridgehead atoms. The third kappa shape index (κ3) is 3.60. The Labute approximate surface area is 162 Å². The van der Waals surface area contributed by atoms with E-state index in [1.807, 2.05) is 49.4 Å². The van der Waals surface area contributed by atoms with Crippen LogP contribution >= 0.6 is 0 Å². The van der Waals surface area contributed by atoms with Gasteiger partial charge in [-0.05, 0) is 55.5 Å². The third-order valence-corrected chi connectivity index (χ3v) is 4.15. The molecule has 0 aliphatic carbocycles. The summed E-state index contributed by atoms with van der Waals surface area (Å²) in [6, 6.07) is 18.9. The fraction of sp³-hybridized carbons (Fsp3) is 0.0909. The van der Waals surface area contributed by atoms with Gasteiger partial charge < -0.3 is 10.1 Å². The van der Waals surface area contributed by atoms with Gasteiger partial charge in [-0.2, -0.15) is 5.26 Å². The summed E-state index contributed by atoms with van der Waals surface area (Å²) in [6.07, 6.45) is 3.45. The second-order valence-electron chi connectivity index (χ2n) is 6.07. The van der Waals surface area contributed by atoms with Crippen molar-refractivity contribution in [2.75, 3.05) is 11.9 Å². The molecule has 0 fully saturated rings. The lowest BCUT2D eigenvalue weighted by Crippen LogP contribution is -2.00. The molecule has 28 heavy (non-hydrogen) atoms.